The highest BCUT2D eigenvalue weighted by atomic mass is 19.4. The number of halogens is 3. The van der Waals surface area contributed by atoms with Gasteiger partial charge in [0.15, 0.2) is 0 Å². The molecule has 0 saturated carbocycles. The number of aryl methyl sites for hydroxylation is 1. The average molecular weight is 461 g/mol. The lowest BCUT2D eigenvalue weighted by molar-refractivity contribution is -0.139. The number of hydrogen-bond acceptors (Lipinski definition) is 6. The third-order valence-electron chi connectivity index (χ3n) is 6.60. The van der Waals surface area contributed by atoms with Gasteiger partial charge >= 0.3 is 6.18 Å². The highest BCUT2D eigenvalue weighted by Crippen LogP contribution is 2.44. The van der Waals surface area contributed by atoms with E-state index in [0.29, 0.717) is 39.0 Å². The van der Waals surface area contributed by atoms with Gasteiger partial charge in [0.1, 0.15) is 18.0 Å². The molecule has 2 aromatic heterocycles. The van der Waals surface area contributed by atoms with E-state index in [-0.39, 0.29) is 28.9 Å². The van der Waals surface area contributed by atoms with Crippen LogP contribution in [0.5, 0.6) is 0 Å². The number of piperazine rings is 1. The molecule has 4 rings (SSSR count). The second-order valence-electron chi connectivity index (χ2n) is 8.75. The monoisotopic (exact) mass is 460 g/mol. The Morgan fingerprint density at radius 1 is 1.21 bits per heavy atom. The first-order chi connectivity index (χ1) is 15.6. The number of pyridine rings is 1. The Labute approximate surface area is 190 Å². The van der Waals surface area contributed by atoms with Gasteiger partial charge in [-0.2, -0.15) is 13.2 Å². The fourth-order valence-electron chi connectivity index (χ4n) is 4.96. The Morgan fingerprint density at radius 3 is 2.55 bits per heavy atom. The normalized spacial score (nSPS) is 21.0. The van der Waals surface area contributed by atoms with Gasteiger partial charge in [-0.15, -0.1) is 0 Å². The number of carbonyl (C=O) groups is 1. The molecule has 2 atom stereocenters. The molecule has 1 saturated heterocycles. The number of nitrogens with zero attached hydrogens (tertiary/aromatic N) is 5. The minimum atomic E-state index is -4.51. The number of rotatable bonds is 3. The highest BCUT2D eigenvalue weighted by Gasteiger charge is 2.41. The number of nitrogen functional groups attached to an aromatic ring is 1. The number of nitrogens with two attached hydrogens (primary N) is 1. The van der Waals surface area contributed by atoms with Crippen LogP contribution in [0.1, 0.15) is 40.9 Å². The summed E-state index contributed by atoms with van der Waals surface area (Å²) < 4.78 is 41.7. The van der Waals surface area contributed by atoms with E-state index in [9.17, 15) is 18.0 Å². The molecule has 1 amide bonds. The number of carbonyl (C=O) groups excluding carboxylic acids is 1. The van der Waals surface area contributed by atoms with Crippen molar-refractivity contribution in [2.45, 2.75) is 38.8 Å². The van der Waals surface area contributed by atoms with E-state index < -0.39 is 17.7 Å². The maximum absolute atomic E-state index is 13.9. The van der Waals surface area contributed by atoms with Gasteiger partial charge in [-0.1, -0.05) is 13.5 Å². The van der Waals surface area contributed by atoms with Crippen LogP contribution in [0.4, 0.5) is 24.8 Å². The lowest BCUT2D eigenvalue weighted by Crippen LogP contribution is -2.49. The van der Waals surface area contributed by atoms with Crippen molar-refractivity contribution in [1.82, 2.24) is 19.9 Å². The summed E-state index contributed by atoms with van der Waals surface area (Å²) in [5.74, 6) is 0.218. The van der Waals surface area contributed by atoms with Gasteiger partial charge in [-0.3, -0.25) is 4.79 Å². The molecule has 7 nitrogen and oxygen atoms in total. The zero-order valence-electron chi connectivity index (χ0n) is 18.7. The van der Waals surface area contributed by atoms with Crippen LogP contribution in [0.2, 0.25) is 0 Å². The van der Waals surface area contributed by atoms with Gasteiger partial charge in [0.05, 0.1) is 11.3 Å². The average Bonchev–Trinajstić information content (AvgIpc) is 2.76. The number of aromatic nitrogens is 3. The third kappa shape index (κ3) is 4.38. The molecule has 176 valence electrons. The molecular formula is C23H27F3N6O. The first kappa shape index (κ1) is 23.0. The third-order valence-corrected chi connectivity index (χ3v) is 6.60. The molecule has 1 aliphatic heterocycles. The predicted molar refractivity (Wildman–Crippen MR) is 119 cm³/mol. The summed E-state index contributed by atoms with van der Waals surface area (Å²) in [5, 5.41) is 0. The van der Waals surface area contributed by atoms with Gasteiger partial charge in [0, 0.05) is 43.4 Å². The Morgan fingerprint density at radius 2 is 1.91 bits per heavy atom. The van der Waals surface area contributed by atoms with E-state index in [1.807, 2.05) is 6.92 Å². The molecule has 0 radical (unpaired) electrons. The van der Waals surface area contributed by atoms with Crippen LogP contribution in [0.25, 0.3) is 0 Å². The second kappa shape index (κ2) is 8.64. The largest absolute Gasteiger partial charge is 0.418 e. The molecular weight excluding hydrogens is 433 g/mol. The fourth-order valence-corrected chi connectivity index (χ4v) is 4.96. The zero-order chi connectivity index (χ0) is 23.9. The van der Waals surface area contributed by atoms with E-state index in [1.165, 1.54) is 25.4 Å². The summed E-state index contributed by atoms with van der Waals surface area (Å²) in [6.07, 6.45) is -0.870. The minimum Gasteiger partial charge on any atom is -0.384 e. The van der Waals surface area contributed by atoms with Crippen LogP contribution >= 0.6 is 0 Å². The van der Waals surface area contributed by atoms with E-state index in [0.717, 1.165) is 17.1 Å². The van der Waals surface area contributed by atoms with Crippen LogP contribution in [-0.2, 0) is 23.8 Å². The predicted octanol–water partition coefficient (Wildman–Crippen LogP) is 3.13. The van der Waals surface area contributed by atoms with Crippen molar-refractivity contribution in [2.24, 2.45) is 5.92 Å². The molecule has 33 heavy (non-hydrogen) atoms. The van der Waals surface area contributed by atoms with Crippen molar-refractivity contribution in [3.8, 4) is 0 Å². The second-order valence-corrected chi connectivity index (χ2v) is 8.75. The summed E-state index contributed by atoms with van der Waals surface area (Å²) in [5.41, 5.74) is 6.91. The minimum absolute atomic E-state index is 0.00476. The Hall–Kier alpha value is -3.17. The van der Waals surface area contributed by atoms with Crippen molar-refractivity contribution >= 4 is 17.5 Å². The molecule has 1 fully saturated rings. The molecule has 10 heteroatoms. The van der Waals surface area contributed by atoms with Crippen LogP contribution in [0.15, 0.2) is 25.0 Å². The molecule has 0 bridgehead atoms. The quantitative estimate of drug-likeness (QED) is 0.708. The number of anilines is 2. The van der Waals surface area contributed by atoms with Crippen LogP contribution in [0.3, 0.4) is 0 Å². The first-order valence-electron chi connectivity index (χ1n) is 10.9. The van der Waals surface area contributed by atoms with Crippen LogP contribution < -0.4 is 10.6 Å². The maximum atomic E-state index is 13.9. The SMILES string of the molecule is C=CC(=O)N1CCN(c2ncnc3c2C[C@@H](C)C(c2nc(N)cc(C)c2C(F)(F)F)C3)CC1. The van der Waals surface area contributed by atoms with Gasteiger partial charge < -0.3 is 15.5 Å². The molecule has 1 unspecified atom stereocenters. The van der Waals surface area contributed by atoms with E-state index in [1.54, 1.807) is 4.90 Å². The molecule has 3 heterocycles. The number of amides is 1. The van der Waals surface area contributed by atoms with Gasteiger partial charge in [0.2, 0.25) is 5.91 Å². The molecule has 2 aromatic rings. The Bertz CT molecular complexity index is 1080. The Kier molecular flexibility index (Phi) is 6.02. The van der Waals surface area contributed by atoms with Crippen molar-refractivity contribution in [1.29, 1.82) is 0 Å². The fraction of sp³-hybridized carbons (Fsp3) is 0.478. The maximum Gasteiger partial charge on any atom is 0.418 e. The lowest BCUT2D eigenvalue weighted by atomic mass is 9.75. The highest BCUT2D eigenvalue weighted by molar-refractivity contribution is 5.87. The van der Waals surface area contributed by atoms with E-state index in [4.69, 9.17) is 5.73 Å². The van der Waals surface area contributed by atoms with Crippen LogP contribution in [-0.4, -0.2) is 51.9 Å². The standard InChI is InChI=1S/C23H27F3N6O/c1-4-19(33)31-5-7-32(8-6-31)22-16-9-13(2)15(11-17(16)28-12-29-22)21-20(23(24,25)26)14(3)10-18(27)30-21/h4,10,12-13,15H,1,5-9,11H2,2-3H3,(H2,27,30)/t13-,15?/m1/s1. The van der Waals surface area contributed by atoms with Gasteiger partial charge in [0.25, 0.3) is 0 Å². The molecule has 2 N–H and O–H groups in total. The summed E-state index contributed by atoms with van der Waals surface area (Å²) >= 11 is 0. The lowest BCUT2D eigenvalue weighted by Gasteiger charge is -2.38. The number of alkyl halides is 3. The summed E-state index contributed by atoms with van der Waals surface area (Å²) in [6, 6.07) is 1.27. The van der Waals surface area contributed by atoms with E-state index in [2.05, 4.69) is 26.4 Å². The number of fused-ring (bicyclic) bond motifs is 1. The van der Waals surface area contributed by atoms with Crippen molar-refractivity contribution in [2.75, 3.05) is 36.8 Å². The van der Waals surface area contributed by atoms with Crippen molar-refractivity contribution in [3.05, 3.63) is 53.1 Å². The smallest absolute Gasteiger partial charge is 0.384 e. The van der Waals surface area contributed by atoms with Gasteiger partial charge in [-0.25, -0.2) is 15.0 Å². The first-order valence-corrected chi connectivity index (χ1v) is 10.9. The molecule has 0 aromatic carbocycles. The van der Waals surface area contributed by atoms with Crippen molar-refractivity contribution in [3.63, 3.8) is 0 Å². The number of hydrogen-bond donors (Lipinski definition) is 1. The van der Waals surface area contributed by atoms with Gasteiger partial charge in [-0.05, 0) is 43.4 Å². The summed E-state index contributed by atoms with van der Waals surface area (Å²) in [6.45, 7) is 9.25. The van der Waals surface area contributed by atoms with E-state index >= 15 is 0 Å². The summed E-state index contributed by atoms with van der Waals surface area (Å²) in [7, 11) is 0. The topological polar surface area (TPSA) is 88.2 Å². The Balaban J connectivity index is 1.65. The van der Waals surface area contributed by atoms with Crippen molar-refractivity contribution < 1.29 is 18.0 Å². The summed E-state index contributed by atoms with van der Waals surface area (Å²) in [4.78, 5) is 28.8. The molecule has 0 spiro atoms. The molecule has 1 aliphatic carbocycles. The molecule has 2 aliphatic rings. The zero-order valence-corrected chi connectivity index (χ0v) is 18.7. The van der Waals surface area contributed by atoms with Crippen LogP contribution in [0, 0.1) is 12.8 Å².